The fourth-order valence-electron chi connectivity index (χ4n) is 2.22. The molecule has 0 aliphatic heterocycles. The molecule has 0 atom stereocenters. The number of rotatable bonds is 7. The number of carbonyl (C=O) groups is 2. The van der Waals surface area contributed by atoms with Gasteiger partial charge < -0.3 is 9.47 Å². The lowest BCUT2D eigenvalue weighted by molar-refractivity contribution is -0.114. The zero-order valence-electron chi connectivity index (χ0n) is 17.1. The van der Waals surface area contributed by atoms with Crippen molar-refractivity contribution in [3.63, 3.8) is 0 Å². The van der Waals surface area contributed by atoms with Crippen molar-refractivity contribution in [2.24, 2.45) is 5.10 Å². The summed E-state index contributed by atoms with van der Waals surface area (Å²) in [5.74, 6) is -0.707. The van der Waals surface area contributed by atoms with Gasteiger partial charge in [0.1, 0.15) is 6.07 Å². The van der Waals surface area contributed by atoms with Crippen molar-refractivity contribution >= 4 is 58.2 Å². The maximum atomic E-state index is 11.9. The molecule has 2 aromatic rings. The van der Waals surface area contributed by atoms with Crippen LogP contribution >= 0.6 is 34.8 Å². The van der Waals surface area contributed by atoms with Crippen LogP contribution in [0.4, 0.5) is 10.5 Å². The zero-order chi connectivity index (χ0) is 23.8. The first-order chi connectivity index (χ1) is 15.2. The number of nitrogens with zero attached hydrogens (tertiary/aromatic N) is 4. The Hall–Kier alpha value is -3.13. The number of halogens is 3. The first-order valence-corrected chi connectivity index (χ1v) is 10.2. The third kappa shape index (κ3) is 6.68. The number of alkyl carbamates (subject to hydrolysis) is 1. The monoisotopic (exact) mass is 498 g/mol. The smallest absolute Gasteiger partial charge is 0.414 e. The van der Waals surface area contributed by atoms with E-state index in [4.69, 9.17) is 44.8 Å². The number of aromatic nitrogens is 2. The number of anilines is 1. The molecule has 13 heteroatoms. The SMILES string of the molecule is CCOC(=O)NC(=O)C(C#N)=NNc1cc(Cl)c(Oc2cc(C(C)C)c(Cl)nn2)c(Cl)c1. The summed E-state index contributed by atoms with van der Waals surface area (Å²) in [6.45, 7) is 5.50. The molecular weight excluding hydrogens is 483 g/mol. The predicted molar refractivity (Wildman–Crippen MR) is 120 cm³/mol. The summed E-state index contributed by atoms with van der Waals surface area (Å²) in [5.41, 5.74) is 2.83. The Kier molecular flexibility index (Phi) is 9.02. The Morgan fingerprint density at radius 3 is 2.41 bits per heavy atom. The first-order valence-electron chi connectivity index (χ1n) is 9.08. The van der Waals surface area contributed by atoms with Crippen LogP contribution in [0.15, 0.2) is 23.3 Å². The van der Waals surface area contributed by atoms with Crippen LogP contribution in [-0.4, -0.2) is 34.5 Å². The largest absolute Gasteiger partial charge is 0.450 e. The maximum absolute atomic E-state index is 11.9. The Balaban J connectivity index is 2.19. The van der Waals surface area contributed by atoms with Gasteiger partial charge in [-0.1, -0.05) is 48.7 Å². The summed E-state index contributed by atoms with van der Waals surface area (Å²) in [5, 5.41) is 22.8. The fourth-order valence-corrected chi connectivity index (χ4v) is 3.09. The molecule has 0 aliphatic carbocycles. The normalized spacial score (nSPS) is 11.0. The van der Waals surface area contributed by atoms with E-state index in [1.54, 1.807) is 19.1 Å². The van der Waals surface area contributed by atoms with E-state index >= 15 is 0 Å². The van der Waals surface area contributed by atoms with Crippen molar-refractivity contribution in [3.8, 4) is 17.7 Å². The second kappa shape index (κ2) is 11.5. The van der Waals surface area contributed by atoms with Crippen molar-refractivity contribution in [2.45, 2.75) is 26.7 Å². The Morgan fingerprint density at radius 2 is 1.84 bits per heavy atom. The minimum absolute atomic E-state index is 0.0577. The van der Waals surface area contributed by atoms with Gasteiger partial charge in [0.2, 0.25) is 11.6 Å². The highest BCUT2D eigenvalue weighted by Crippen LogP contribution is 2.39. The number of nitrogens with one attached hydrogen (secondary N) is 2. The van der Waals surface area contributed by atoms with Crippen molar-refractivity contribution in [2.75, 3.05) is 12.0 Å². The lowest BCUT2D eigenvalue weighted by Crippen LogP contribution is -2.36. The van der Waals surface area contributed by atoms with Crippen molar-refractivity contribution < 1.29 is 19.1 Å². The lowest BCUT2D eigenvalue weighted by Gasteiger charge is -2.12. The number of amides is 2. The molecule has 0 aliphatic rings. The molecule has 0 bridgehead atoms. The highest BCUT2D eigenvalue weighted by molar-refractivity contribution is 6.47. The van der Waals surface area contributed by atoms with Gasteiger partial charge in [-0.25, -0.2) is 4.79 Å². The number of ether oxygens (including phenoxy) is 2. The highest BCUT2D eigenvalue weighted by Gasteiger charge is 2.17. The van der Waals surface area contributed by atoms with Gasteiger partial charge >= 0.3 is 6.09 Å². The number of carbonyl (C=O) groups excluding carboxylic acids is 2. The molecule has 2 rings (SSSR count). The Bertz CT molecular complexity index is 1080. The number of hydrazone groups is 1. The van der Waals surface area contributed by atoms with Crippen LogP contribution in [0, 0.1) is 11.3 Å². The van der Waals surface area contributed by atoms with Crippen molar-refractivity contribution in [1.29, 1.82) is 5.26 Å². The van der Waals surface area contributed by atoms with Gasteiger partial charge in [-0.05, 0) is 30.5 Å². The van der Waals surface area contributed by atoms with Gasteiger partial charge in [-0.15, -0.1) is 10.2 Å². The van der Waals surface area contributed by atoms with E-state index in [0.29, 0.717) is 0 Å². The van der Waals surface area contributed by atoms with Crippen LogP contribution in [0.1, 0.15) is 32.3 Å². The second-order valence-electron chi connectivity index (χ2n) is 6.31. The van der Waals surface area contributed by atoms with E-state index in [9.17, 15) is 9.59 Å². The van der Waals surface area contributed by atoms with E-state index in [2.05, 4.69) is 25.5 Å². The lowest BCUT2D eigenvalue weighted by atomic mass is 10.1. The van der Waals surface area contributed by atoms with E-state index in [1.165, 1.54) is 12.1 Å². The molecule has 32 heavy (non-hydrogen) atoms. The van der Waals surface area contributed by atoms with Gasteiger partial charge in [0.05, 0.1) is 22.3 Å². The standard InChI is InChI=1S/C19H17Cl3N6O4/c1-4-31-19(30)24-18(29)14(8-23)26-25-10-5-12(20)16(13(21)6-10)32-15-7-11(9(2)3)17(22)28-27-15/h5-7,9,25H,4H2,1-3H3,(H,24,29,30). The van der Waals surface area contributed by atoms with Crippen molar-refractivity contribution in [1.82, 2.24) is 15.5 Å². The van der Waals surface area contributed by atoms with Crippen LogP contribution in [0.5, 0.6) is 11.6 Å². The number of hydrogen-bond acceptors (Lipinski definition) is 9. The third-order valence-electron chi connectivity index (χ3n) is 3.69. The summed E-state index contributed by atoms with van der Waals surface area (Å²) in [6.07, 6.45) is -1.00. The summed E-state index contributed by atoms with van der Waals surface area (Å²) in [4.78, 5) is 23.2. The number of hydrogen-bond donors (Lipinski definition) is 2. The molecule has 0 fully saturated rings. The Morgan fingerprint density at radius 1 is 1.19 bits per heavy atom. The molecule has 0 spiro atoms. The average Bonchev–Trinajstić information content (AvgIpc) is 2.72. The van der Waals surface area contributed by atoms with Crippen LogP contribution in [0.3, 0.4) is 0 Å². The van der Waals surface area contributed by atoms with Gasteiger partial charge in [-0.3, -0.25) is 15.5 Å². The quantitative estimate of drug-likeness (QED) is 0.404. The minimum Gasteiger partial charge on any atom is -0.450 e. The summed E-state index contributed by atoms with van der Waals surface area (Å²) in [6, 6.07) is 5.99. The maximum Gasteiger partial charge on any atom is 0.414 e. The average molecular weight is 500 g/mol. The summed E-state index contributed by atoms with van der Waals surface area (Å²) < 4.78 is 10.2. The Labute approximate surface area is 198 Å². The van der Waals surface area contributed by atoms with Crippen molar-refractivity contribution in [3.05, 3.63) is 39.0 Å². The van der Waals surface area contributed by atoms with E-state index in [1.807, 2.05) is 19.2 Å². The first kappa shape index (κ1) is 25.1. The highest BCUT2D eigenvalue weighted by atomic mass is 35.5. The fraction of sp³-hybridized carbons (Fsp3) is 0.263. The van der Waals surface area contributed by atoms with E-state index < -0.39 is 17.7 Å². The topological polar surface area (TPSA) is 139 Å². The molecule has 168 valence electrons. The van der Waals surface area contributed by atoms with Crippen LogP contribution in [-0.2, 0) is 9.53 Å². The van der Waals surface area contributed by atoms with Gasteiger partial charge in [0.15, 0.2) is 10.9 Å². The zero-order valence-corrected chi connectivity index (χ0v) is 19.3. The van der Waals surface area contributed by atoms with E-state index in [-0.39, 0.29) is 45.0 Å². The molecule has 2 N–H and O–H groups in total. The molecule has 0 unspecified atom stereocenters. The molecule has 2 amide bonds. The molecule has 0 radical (unpaired) electrons. The van der Waals surface area contributed by atoms with Crippen LogP contribution in [0.2, 0.25) is 15.2 Å². The third-order valence-corrected chi connectivity index (χ3v) is 4.54. The molecule has 1 heterocycles. The summed E-state index contributed by atoms with van der Waals surface area (Å²) in [7, 11) is 0. The number of imide groups is 1. The van der Waals surface area contributed by atoms with E-state index in [0.717, 1.165) is 5.56 Å². The van der Waals surface area contributed by atoms with Crippen LogP contribution in [0.25, 0.3) is 0 Å². The van der Waals surface area contributed by atoms with Gasteiger partial charge in [-0.2, -0.15) is 10.4 Å². The molecule has 1 aromatic carbocycles. The number of nitriles is 1. The molecule has 1 aromatic heterocycles. The van der Waals surface area contributed by atoms with Crippen LogP contribution < -0.4 is 15.5 Å². The number of benzene rings is 1. The molecule has 0 saturated heterocycles. The second-order valence-corrected chi connectivity index (χ2v) is 7.49. The molecule has 0 saturated carbocycles. The van der Waals surface area contributed by atoms with Gasteiger partial charge in [0, 0.05) is 6.07 Å². The minimum atomic E-state index is -1.04. The molecular formula is C19H17Cl3N6O4. The summed E-state index contributed by atoms with van der Waals surface area (Å²) >= 11 is 18.5. The predicted octanol–water partition coefficient (Wildman–Crippen LogP) is 4.92. The molecule has 10 nitrogen and oxygen atoms in total. The van der Waals surface area contributed by atoms with Gasteiger partial charge in [0.25, 0.3) is 5.91 Å².